The minimum absolute atomic E-state index is 0.148. The van der Waals surface area contributed by atoms with Crippen LogP contribution in [0.15, 0.2) is 12.7 Å². The zero-order valence-corrected chi connectivity index (χ0v) is 11.7. The van der Waals surface area contributed by atoms with E-state index in [1.165, 1.54) is 0 Å². The highest BCUT2D eigenvalue weighted by Crippen LogP contribution is 2.35. The van der Waals surface area contributed by atoms with Crippen LogP contribution in [0.3, 0.4) is 0 Å². The van der Waals surface area contributed by atoms with Gasteiger partial charge in [-0.3, -0.25) is 4.79 Å². The van der Waals surface area contributed by atoms with Gasteiger partial charge in [-0.25, -0.2) is 0 Å². The number of amides is 1. The Morgan fingerprint density at radius 3 is 3.05 bits per heavy atom. The lowest BCUT2D eigenvalue weighted by atomic mass is 9.92. The van der Waals surface area contributed by atoms with Crippen LogP contribution >= 0.6 is 11.8 Å². The molecule has 2 heterocycles. The summed E-state index contributed by atoms with van der Waals surface area (Å²) in [6, 6.07) is -0.443. The molecular formula is C13H21NO4S. The molecule has 0 spiro atoms. The predicted molar refractivity (Wildman–Crippen MR) is 73.9 cm³/mol. The molecule has 108 valence electrons. The fourth-order valence-corrected chi connectivity index (χ4v) is 3.52. The number of unbranched alkanes of at least 4 members (excludes halogenated alkanes) is 1. The van der Waals surface area contributed by atoms with Gasteiger partial charge in [0.15, 0.2) is 5.79 Å². The van der Waals surface area contributed by atoms with Crippen LogP contribution < -0.4 is 5.32 Å². The van der Waals surface area contributed by atoms with Crippen molar-refractivity contribution >= 4 is 17.0 Å². The van der Waals surface area contributed by atoms with Crippen molar-refractivity contribution in [3.8, 4) is 0 Å². The third-order valence-electron chi connectivity index (χ3n) is 3.59. The van der Waals surface area contributed by atoms with E-state index in [-0.39, 0.29) is 17.8 Å². The van der Waals surface area contributed by atoms with Crippen molar-refractivity contribution in [2.24, 2.45) is 0 Å². The highest BCUT2D eigenvalue weighted by molar-refractivity contribution is 8.13. The molecule has 0 aromatic rings. The number of hydrogen-bond acceptors (Lipinski definition) is 5. The molecule has 1 amide bonds. The largest absolute Gasteiger partial charge is 0.393 e. The van der Waals surface area contributed by atoms with Gasteiger partial charge in [-0.15, -0.1) is 6.58 Å². The van der Waals surface area contributed by atoms with Crippen LogP contribution in [-0.4, -0.2) is 45.2 Å². The van der Waals surface area contributed by atoms with E-state index >= 15 is 0 Å². The Morgan fingerprint density at radius 1 is 1.63 bits per heavy atom. The van der Waals surface area contributed by atoms with Crippen LogP contribution in [-0.2, 0) is 4.74 Å². The van der Waals surface area contributed by atoms with Gasteiger partial charge >= 0.3 is 0 Å². The van der Waals surface area contributed by atoms with Crippen molar-refractivity contribution in [2.75, 3.05) is 5.75 Å². The smallest absolute Gasteiger partial charge is 0.279 e. The molecule has 2 rings (SSSR count). The minimum Gasteiger partial charge on any atom is -0.393 e. The van der Waals surface area contributed by atoms with Crippen molar-refractivity contribution in [1.82, 2.24) is 5.32 Å². The second-order valence-corrected chi connectivity index (χ2v) is 6.19. The number of ether oxygens (including phenoxy) is 1. The molecule has 0 aromatic heterocycles. The number of thioether (sulfide) groups is 1. The summed E-state index contributed by atoms with van der Waals surface area (Å²) in [5.74, 6) is -0.975. The van der Waals surface area contributed by atoms with Crippen molar-refractivity contribution in [1.29, 1.82) is 0 Å². The molecule has 2 unspecified atom stereocenters. The maximum absolute atomic E-state index is 11.2. The number of carbonyl (C=O) groups is 1. The molecule has 3 N–H and O–H groups in total. The van der Waals surface area contributed by atoms with Crippen LogP contribution in [0.25, 0.3) is 0 Å². The predicted octanol–water partition coefficient (Wildman–Crippen LogP) is 1.40. The Morgan fingerprint density at radius 2 is 2.42 bits per heavy atom. The van der Waals surface area contributed by atoms with Crippen molar-refractivity contribution in [3.05, 3.63) is 12.7 Å². The molecule has 0 radical (unpaired) electrons. The zero-order valence-electron chi connectivity index (χ0n) is 10.9. The first-order chi connectivity index (χ1) is 9.03. The maximum Gasteiger partial charge on any atom is 0.279 e. The van der Waals surface area contributed by atoms with Gasteiger partial charge in [0.05, 0.1) is 18.2 Å². The molecular weight excluding hydrogens is 266 g/mol. The molecule has 2 aliphatic rings. The number of allylic oxidation sites excluding steroid dienone is 1. The van der Waals surface area contributed by atoms with Gasteiger partial charge in [0.25, 0.3) is 5.24 Å². The number of rotatable bonds is 5. The van der Waals surface area contributed by atoms with Gasteiger partial charge in [0, 0.05) is 12.2 Å². The summed E-state index contributed by atoms with van der Waals surface area (Å²) in [7, 11) is 0. The molecule has 4 atom stereocenters. The van der Waals surface area contributed by atoms with Crippen LogP contribution in [0.5, 0.6) is 0 Å². The first kappa shape index (κ1) is 14.8. The fraction of sp³-hybridized carbons (Fsp3) is 0.769. The molecule has 2 saturated heterocycles. The molecule has 0 aliphatic carbocycles. The number of hydrogen-bond donors (Lipinski definition) is 3. The van der Waals surface area contributed by atoms with Gasteiger partial charge in [-0.05, 0) is 25.7 Å². The van der Waals surface area contributed by atoms with E-state index in [1.54, 1.807) is 0 Å². The van der Waals surface area contributed by atoms with E-state index in [0.29, 0.717) is 12.2 Å². The topological polar surface area (TPSA) is 78.8 Å². The van der Waals surface area contributed by atoms with Crippen LogP contribution in [0.2, 0.25) is 0 Å². The van der Waals surface area contributed by atoms with Crippen molar-refractivity contribution in [2.45, 2.75) is 56.1 Å². The Balaban J connectivity index is 1.95. The Hall–Kier alpha value is -0.560. The average molecular weight is 287 g/mol. The molecule has 0 aromatic carbocycles. The number of aliphatic hydroxyl groups excluding tert-OH is 1. The second-order valence-electron chi connectivity index (χ2n) is 5.19. The second kappa shape index (κ2) is 6.26. The first-order valence-electron chi connectivity index (χ1n) is 6.66. The summed E-state index contributed by atoms with van der Waals surface area (Å²) < 4.78 is 5.76. The fourth-order valence-electron chi connectivity index (χ4n) is 2.63. The summed E-state index contributed by atoms with van der Waals surface area (Å²) >= 11 is 1.14. The molecule has 0 saturated carbocycles. The summed E-state index contributed by atoms with van der Waals surface area (Å²) in [5, 5.41) is 23.0. The molecule has 19 heavy (non-hydrogen) atoms. The van der Waals surface area contributed by atoms with Gasteiger partial charge in [-0.1, -0.05) is 17.8 Å². The SMILES string of the molecule is C=CCCC[C@@H]1C[C@H](O)CC(O)(C2CSC(=O)N2)O1. The maximum atomic E-state index is 11.2. The number of aliphatic hydroxyl groups is 2. The van der Waals surface area contributed by atoms with E-state index in [9.17, 15) is 15.0 Å². The molecule has 2 aliphatic heterocycles. The summed E-state index contributed by atoms with van der Waals surface area (Å²) in [4.78, 5) is 11.2. The molecule has 2 fully saturated rings. The number of nitrogens with one attached hydrogen (secondary N) is 1. The Bertz CT molecular complexity index is 352. The summed E-state index contributed by atoms with van der Waals surface area (Å²) in [5.41, 5.74) is 0. The van der Waals surface area contributed by atoms with E-state index < -0.39 is 17.9 Å². The Labute approximate surface area is 117 Å². The lowest BCUT2D eigenvalue weighted by Crippen LogP contribution is -2.58. The molecule has 5 nitrogen and oxygen atoms in total. The van der Waals surface area contributed by atoms with E-state index in [2.05, 4.69) is 11.9 Å². The van der Waals surface area contributed by atoms with Gasteiger partial charge in [0.2, 0.25) is 0 Å². The van der Waals surface area contributed by atoms with Crippen LogP contribution in [0.4, 0.5) is 4.79 Å². The van der Waals surface area contributed by atoms with E-state index in [4.69, 9.17) is 4.74 Å². The molecule has 0 bridgehead atoms. The average Bonchev–Trinajstić information content (AvgIpc) is 2.76. The quantitative estimate of drug-likeness (QED) is 0.526. The lowest BCUT2D eigenvalue weighted by Gasteiger charge is -2.42. The normalized spacial score (nSPS) is 39.1. The van der Waals surface area contributed by atoms with Crippen molar-refractivity contribution in [3.63, 3.8) is 0 Å². The van der Waals surface area contributed by atoms with Gasteiger partial charge in [-0.2, -0.15) is 0 Å². The number of carbonyl (C=O) groups excluding carboxylic acids is 1. The van der Waals surface area contributed by atoms with Gasteiger partial charge < -0.3 is 20.3 Å². The highest BCUT2D eigenvalue weighted by Gasteiger charge is 2.48. The van der Waals surface area contributed by atoms with Crippen molar-refractivity contribution < 1.29 is 19.7 Å². The Kier molecular flexibility index (Phi) is 4.89. The summed E-state index contributed by atoms with van der Waals surface area (Å²) in [6.45, 7) is 3.67. The third-order valence-corrected chi connectivity index (χ3v) is 4.47. The van der Waals surface area contributed by atoms with E-state index in [1.807, 2.05) is 6.08 Å². The first-order valence-corrected chi connectivity index (χ1v) is 7.64. The standard InChI is InChI=1S/C13H21NO4S/c1-2-3-4-5-10-6-9(15)7-13(17,18-10)11-8-19-12(16)14-11/h2,9-11,15,17H,1,3-8H2,(H,14,16)/t9-,10+,11?,13?/m0/s1. The third kappa shape index (κ3) is 3.72. The zero-order chi connectivity index (χ0) is 13.9. The highest BCUT2D eigenvalue weighted by atomic mass is 32.2. The van der Waals surface area contributed by atoms with Crippen LogP contribution in [0, 0.1) is 0 Å². The minimum atomic E-state index is -1.45. The summed E-state index contributed by atoms with van der Waals surface area (Å²) in [6.07, 6.45) is 4.36. The monoisotopic (exact) mass is 287 g/mol. The van der Waals surface area contributed by atoms with Gasteiger partial charge in [0.1, 0.15) is 0 Å². The van der Waals surface area contributed by atoms with E-state index in [0.717, 1.165) is 31.0 Å². The molecule has 6 heteroatoms. The van der Waals surface area contributed by atoms with Crippen LogP contribution in [0.1, 0.15) is 32.1 Å². The lowest BCUT2D eigenvalue weighted by molar-refractivity contribution is -0.282.